The van der Waals surface area contributed by atoms with E-state index in [4.69, 9.17) is 0 Å². The van der Waals surface area contributed by atoms with Crippen molar-refractivity contribution in [2.45, 2.75) is 19.5 Å². The van der Waals surface area contributed by atoms with Crippen molar-refractivity contribution >= 4 is 21.8 Å². The molecular weight excluding hydrogens is 251 g/mol. The van der Waals surface area contributed by atoms with Crippen molar-refractivity contribution in [1.82, 2.24) is 4.90 Å². The second-order valence-electron chi connectivity index (χ2n) is 2.56. The van der Waals surface area contributed by atoms with Gasteiger partial charge in [0.25, 0.3) is 0 Å². The normalized spacial score (nSPS) is 11.5. The molecule has 6 heteroatoms. The molecule has 0 aromatic heterocycles. The minimum atomic E-state index is -4.31. The first-order valence-corrected chi connectivity index (χ1v) is 4.93. The van der Waals surface area contributed by atoms with Gasteiger partial charge in [-0.2, -0.15) is 13.2 Å². The van der Waals surface area contributed by atoms with E-state index in [1.165, 1.54) is 0 Å². The van der Waals surface area contributed by atoms with Gasteiger partial charge in [-0.25, -0.2) is 0 Å². The maximum Gasteiger partial charge on any atom is 0.406 e. The van der Waals surface area contributed by atoms with Crippen LogP contribution in [-0.4, -0.2) is 35.4 Å². The van der Waals surface area contributed by atoms with Crippen LogP contribution < -0.4 is 0 Å². The Kier molecular flexibility index (Phi) is 5.36. The molecule has 0 saturated heterocycles. The number of hydrogen-bond acceptors (Lipinski definition) is 1. The molecule has 0 fully saturated rings. The minimum absolute atomic E-state index is 0.0664. The van der Waals surface area contributed by atoms with Gasteiger partial charge in [-0.1, -0.05) is 22.9 Å². The molecule has 0 N–H and O–H groups in total. The van der Waals surface area contributed by atoms with E-state index >= 15 is 0 Å². The van der Waals surface area contributed by atoms with E-state index in [0.29, 0.717) is 6.42 Å². The van der Waals surface area contributed by atoms with Gasteiger partial charge in [0, 0.05) is 6.54 Å². The molecule has 2 nitrogen and oxygen atoms in total. The van der Waals surface area contributed by atoms with Crippen LogP contribution in [0.4, 0.5) is 13.2 Å². The predicted octanol–water partition coefficient (Wildman–Crippen LogP) is 2.18. The van der Waals surface area contributed by atoms with E-state index in [9.17, 15) is 18.0 Å². The van der Waals surface area contributed by atoms with Crippen LogP contribution in [0.25, 0.3) is 0 Å². The van der Waals surface area contributed by atoms with Crippen LogP contribution in [0.15, 0.2) is 0 Å². The summed E-state index contributed by atoms with van der Waals surface area (Å²) in [5.74, 6) is -0.529. The van der Waals surface area contributed by atoms with Crippen molar-refractivity contribution in [2.75, 3.05) is 18.4 Å². The third-order valence-corrected chi connectivity index (χ3v) is 1.81. The van der Waals surface area contributed by atoms with E-state index in [1.54, 1.807) is 6.92 Å². The average molecular weight is 262 g/mol. The maximum atomic E-state index is 11.9. The molecule has 0 saturated carbocycles. The van der Waals surface area contributed by atoms with Crippen molar-refractivity contribution < 1.29 is 18.0 Å². The fraction of sp³-hybridized carbons (Fsp3) is 0.857. The molecule has 0 radical (unpaired) electrons. The molecule has 0 aliphatic rings. The number of nitrogens with zero attached hydrogens (tertiary/aromatic N) is 1. The summed E-state index contributed by atoms with van der Waals surface area (Å²) in [6.07, 6.45) is -3.79. The third-order valence-electron chi connectivity index (χ3n) is 1.33. The highest BCUT2D eigenvalue weighted by atomic mass is 79.9. The van der Waals surface area contributed by atoms with Crippen molar-refractivity contribution in [3.05, 3.63) is 0 Å². The zero-order valence-corrected chi connectivity index (χ0v) is 8.78. The molecule has 0 heterocycles. The van der Waals surface area contributed by atoms with Gasteiger partial charge in [-0.15, -0.1) is 0 Å². The highest BCUT2D eigenvalue weighted by molar-refractivity contribution is 9.09. The molecule has 0 aliphatic heterocycles. The summed E-state index contributed by atoms with van der Waals surface area (Å²) in [5, 5.41) is -0.0664. The summed E-state index contributed by atoms with van der Waals surface area (Å²) in [6.45, 7) is 0.708. The Hall–Kier alpha value is -0.260. The van der Waals surface area contributed by atoms with Crippen LogP contribution in [0.2, 0.25) is 0 Å². The van der Waals surface area contributed by atoms with E-state index in [2.05, 4.69) is 15.9 Å². The van der Waals surface area contributed by atoms with Gasteiger partial charge < -0.3 is 4.90 Å². The highest BCUT2D eigenvalue weighted by Crippen LogP contribution is 2.16. The smallest absolute Gasteiger partial charge is 0.333 e. The topological polar surface area (TPSA) is 20.3 Å². The summed E-state index contributed by atoms with van der Waals surface area (Å²) >= 11 is 2.83. The molecule has 0 aromatic carbocycles. The molecule has 0 spiro atoms. The summed E-state index contributed by atoms with van der Waals surface area (Å²) < 4.78 is 35.7. The second kappa shape index (κ2) is 5.47. The van der Waals surface area contributed by atoms with Crippen LogP contribution in [0.1, 0.15) is 13.3 Å². The molecule has 78 valence electrons. The first-order chi connectivity index (χ1) is 5.90. The second-order valence-corrected chi connectivity index (χ2v) is 3.12. The zero-order valence-electron chi connectivity index (χ0n) is 7.20. The predicted molar refractivity (Wildman–Crippen MR) is 46.7 cm³/mol. The summed E-state index contributed by atoms with van der Waals surface area (Å²) in [7, 11) is 0. The van der Waals surface area contributed by atoms with Crippen LogP contribution in [0.3, 0.4) is 0 Å². The number of halogens is 4. The van der Waals surface area contributed by atoms with E-state index in [1.807, 2.05) is 0 Å². The Balaban J connectivity index is 4.17. The molecule has 0 bridgehead atoms. The number of amides is 1. The summed E-state index contributed by atoms with van der Waals surface area (Å²) in [6, 6.07) is 0. The molecule has 0 atom stereocenters. The Morgan fingerprint density at radius 3 is 2.31 bits per heavy atom. The van der Waals surface area contributed by atoms with Crippen LogP contribution >= 0.6 is 15.9 Å². The number of carbonyl (C=O) groups excluding carboxylic acids is 1. The quantitative estimate of drug-likeness (QED) is 0.711. The first kappa shape index (κ1) is 12.7. The van der Waals surface area contributed by atoms with Crippen LogP contribution in [0, 0.1) is 0 Å². The third kappa shape index (κ3) is 5.90. The molecule has 0 aromatic rings. The van der Waals surface area contributed by atoms with Crippen LogP contribution in [0.5, 0.6) is 0 Å². The average Bonchev–Trinajstić information content (AvgIpc) is 2.00. The number of alkyl halides is 4. The van der Waals surface area contributed by atoms with Gasteiger partial charge in [-0.05, 0) is 6.42 Å². The standard InChI is InChI=1S/C7H11BrF3NO/c1-2-3-12(6(13)4-8)5-7(9,10)11/h2-5H2,1H3. The lowest BCUT2D eigenvalue weighted by Gasteiger charge is -2.22. The molecule has 1 amide bonds. The Bertz CT molecular complexity index is 172. The van der Waals surface area contributed by atoms with E-state index in [-0.39, 0.29) is 11.9 Å². The monoisotopic (exact) mass is 261 g/mol. The molecule has 0 rings (SSSR count). The summed E-state index contributed by atoms with van der Waals surface area (Å²) in [5.41, 5.74) is 0. The Labute approximate surface area is 83.2 Å². The van der Waals surface area contributed by atoms with Gasteiger partial charge in [-0.3, -0.25) is 4.79 Å². The van der Waals surface area contributed by atoms with Crippen molar-refractivity contribution in [2.24, 2.45) is 0 Å². The molecule has 0 aliphatic carbocycles. The van der Waals surface area contributed by atoms with E-state index < -0.39 is 18.6 Å². The molecular formula is C7H11BrF3NO. The van der Waals surface area contributed by atoms with E-state index in [0.717, 1.165) is 4.90 Å². The van der Waals surface area contributed by atoms with Crippen molar-refractivity contribution in [3.63, 3.8) is 0 Å². The fourth-order valence-corrected chi connectivity index (χ4v) is 1.22. The lowest BCUT2D eigenvalue weighted by Crippen LogP contribution is -2.40. The van der Waals surface area contributed by atoms with Gasteiger partial charge in [0.2, 0.25) is 5.91 Å². The highest BCUT2D eigenvalue weighted by Gasteiger charge is 2.32. The Morgan fingerprint density at radius 1 is 1.46 bits per heavy atom. The largest absolute Gasteiger partial charge is 0.406 e. The minimum Gasteiger partial charge on any atom is -0.333 e. The molecule has 0 unspecified atom stereocenters. The van der Waals surface area contributed by atoms with Gasteiger partial charge >= 0.3 is 6.18 Å². The lowest BCUT2D eigenvalue weighted by atomic mass is 10.4. The lowest BCUT2D eigenvalue weighted by molar-refractivity contribution is -0.159. The van der Waals surface area contributed by atoms with Crippen LogP contribution in [-0.2, 0) is 4.79 Å². The van der Waals surface area contributed by atoms with Crippen molar-refractivity contribution in [3.8, 4) is 0 Å². The maximum absolute atomic E-state index is 11.9. The summed E-state index contributed by atoms with van der Waals surface area (Å²) in [4.78, 5) is 11.8. The van der Waals surface area contributed by atoms with Gasteiger partial charge in [0.05, 0.1) is 5.33 Å². The van der Waals surface area contributed by atoms with Crippen molar-refractivity contribution in [1.29, 1.82) is 0 Å². The van der Waals surface area contributed by atoms with Gasteiger partial charge in [0.15, 0.2) is 0 Å². The Morgan fingerprint density at radius 2 is 2.00 bits per heavy atom. The molecule has 13 heavy (non-hydrogen) atoms. The first-order valence-electron chi connectivity index (χ1n) is 3.81. The number of hydrogen-bond donors (Lipinski definition) is 0. The zero-order chi connectivity index (χ0) is 10.5. The van der Waals surface area contributed by atoms with Gasteiger partial charge in [0.1, 0.15) is 6.54 Å². The SMILES string of the molecule is CCCN(CC(F)(F)F)C(=O)CBr. The number of carbonyl (C=O) groups is 1. The number of rotatable bonds is 4. The fourth-order valence-electron chi connectivity index (χ4n) is 0.863.